The Hall–Kier alpha value is -0.120. The highest BCUT2D eigenvalue weighted by Gasteiger charge is 2.31. The molecule has 0 rings (SSSR count). The van der Waals surface area contributed by atoms with E-state index in [4.69, 9.17) is 5.84 Å². The molecule has 1 atom stereocenters. The zero-order valence-corrected chi connectivity index (χ0v) is 11.3. The zero-order chi connectivity index (χ0) is 12.1. The van der Waals surface area contributed by atoms with Gasteiger partial charge in [-0.3, -0.25) is 11.3 Å². The summed E-state index contributed by atoms with van der Waals surface area (Å²) >= 11 is 0. The summed E-state index contributed by atoms with van der Waals surface area (Å²) in [5.74, 6) is 6.45. The van der Waals surface area contributed by atoms with Gasteiger partial charge < -0.3 is 4.90 Å². The molecule has 0 heterocycles. The van der Waals surface area contributed by atoms with Crippen molar-refractivity contribution in [1.29, 1.82) is 0 Å². The second-order valence-corrected chi connectivity index (χ2v) is 5.19. The van der Waals surface area contributed by atoms with Gasteiger partial charge in [0, 0.05) is 11.6 Å². The van der Waals surface area contributed by atoms with Crippen LogP contribution in [0.2, 0.25) is 0 Å². The van der Waals surface area contributed by atoms with Crippen molar-refractivity contribution in [2.45, 2.75) is 58.5 Å². The molecule has 0 aliphatic carbocycles. The predicted molar refractivity (Wildman–Crippen MR) is 67.6 cm³/mol. The summed E-state index contributed by atoms with van der Waals surface area (Å²) in [6.07, 6.45) is 3.62. The predicted octanol–water partition coefficient (Wildman–Crippen LogP) is 1.98. The average Bonchev–Trinajstić information content (AvgIpc) is 2.19. The molecule has 0 saturated carbocycles. The van der Waals surface area contributed by atoms with Crippen LogP contribution < -0.4 is 11.3 Å². The van der Waals surface area contributed by atoms with Gasteiger partial charge in [0.15, 0.2) is 0 Å². The summed E-state index contributed by atoms with van der Waals surface area (Å²) in [6, 6.07) is 0.345. The number of likely N-dealkylation sites (N-methyl/N-ethyl adjacent to an activating group) is 1. The lowest BCUT2D eigenvalue weighted by atomic mass is 9.84. The van der Waals surface area contributed by atoms with E-state index in [1.54, 1.807) is 0 Å². The fourth-order valence-electron chi connectivity index (χ4n) is 1.83. The standard InChI is InChI=1S/C12H29N3/c1-7-10(8-2)9-11(14-13)12(3,4)15(5)6/h10-11,14H,7-9,13H2,1-6H3. The second-order valence-electron chi connectivity index (χ2n) is 5.19. The molecule has 0 spiro atoms. The van der Waals surface area contributed by atoms with Gasteiger partial charge in [0.2, 0.25) is 0 Å². The minimum absolute atomic E-state index is 0.0946. The molecule has 15 heavy (non-hydrogen) atoms. The molecule has 92 valence electrons. The van der Waals surface area contributed by atoms with Crippen LogP contribution in [0.1, 0.15) is 47.0 Å². The summed E-state index contributed by atoms with van der Waals surface area (Å²) < 4.78 is 0. The van der Waals surface area contributed by atoms with Crippen LogP contribution in [-0.4, -0.2) is 30.6 Å². The van der Waals surface area contributed by atoms with E-state index in [2.05, 4.69) is 52.1 Å². The summed E-state index contributed by atoms with van der Waals surface area (Å²) in [5.41, 5.74) is 3.08. The first kappa shape index (κ1) is 14.9. The van der Waals surface area contributed by atoms with Gasteiger partial charge >= 0.3 is 0 Å². The van der Waals surface area contributed by atoms with Gasteiger partial charge in [-0.2, -0.15) is 0 Å². The smallest absolute Gasteiger partial charge is 0.0391 e. The third-order valence-corrected chi connectivity index (χ3v) is 3.93. The molecule has 0 radical (unpaired) electrons. The first-order chi connectivity index (χ1) is 6.89. The fraction of sp³-hybridized carbons (Fsp3) is 1.00. The number of nitrogens with two attached hydrogens (primary N) is 1. The lowest BCUT2D eigenvalue weighted by Gasteiger charge is -2.41. The van der Waals surface area contributed by atoms with E-state index in [1.807, 2.05) is 0 Å². The maximum absolute atomic E-state index is 5.68. The number of nitrogens with one attached hydrogen (secondary N) is 1. The molecule has 3 nitrogen and oxygen atoms in total. The maximum Gasteiger partial charge on any atom is 0.0391 e. The molecule has 3 heteroatoms. The molecule has 0 fully saturated rings. The van der Waals surface area contributed by atoms with Crippen LogP contribution in [0, 0.1) is 5.92 Å². The molecule has 3 N–H and O–H groups in total. The molecular weight excluding hydrogens is 186 g/mol. The number of hydrogen-bond acceptors (Lipinski definition) is 3. The van der Waals surface area contributed by atoms with Crippen LogP contribution >= 0.6 is 0 Å². The lowest BCUT2D eigenvalue weighted by molar-refractivity contribution is 0.120. The third-order valence-electron chi connectivity index (χ3n) is 3.93. The molecule has 0 aliphatic heterocycles. The summed E-state index contributed by atoms with van der Waals surface area (Å²) in [7, 11) is 4.22. The van der Waals surface area contributed by atoms with Crippen molar-refractivity contribution in [3.8, 4) is 0 Å². The SMILES string of the molecule is CCC(CC)CC(NN)C(C)(C)N(C)C. The Balaban J connectivity index is 4.47. The zero-order valence-electron chi connectivity index (χ0n) is 11.3. The number of rotatable bonds is 7. The Morgan fingerprint density at radius 1 is 1.20 bits per heavy atom. The number of hydrazine groups is 1. The van der Waals surface area contributed by atoms with E-state index >= 15 is 0 Å². The van der Waals surface area contributed by atoms with Crippen LogP contribution in [0.5, 0.6) is 0 Å². The Bertz CT molecular complexity index is 162. The van der Waals surface area contributed by atoms with Gasteiger partial charge in [0.1, 0.15) is 0 Å². The van der Waals surface area contributed by atoms with E-state index in [0.717, 1.165) is 12.3 Å². The quantitative estimate of drug-likeness (QED) is 0.504. The van der Waals surface area contributed by atoms with Crippen LogP contribution in [0.25, 0.3) is 0 Å². The van der Waals surface area contributed by atoms with E-state index in [1.165, 1.54) is 12.8 Å². The lowest BCUT2D eigenvalue weighted by Crippen LogP contribution is -2.57. The Morgan fingerprint density at radius 2 is 1.67 bits per heavy atom. The average molecular weight is 215 g/mol. The van der Waals surface area contributed by atoms with Crippen LogP contribution in [0.3, 0.4) is 0 Å². The van der Waals surface area contributed by atoms with E-state index in [-0.39, 0.29) is 5.54 Å². The van der Waals surface area contributed by atoms with Gasteiger partial charge in [0.05, 0.1) is 0 Å². The Morgan fingerprint density at radius 3 is 1.93 bits per heavy atom. The molecule has 0 aromatic rings. The number of hydrogen-bond donors (Lipinski definition) is 2. The molecule has 1 unspecified atom stereocenters. The van der Waals surface area contributed by atoms with E-state index < -0.39 is 0 Å². The highest BCUT2D eigenvalue weighted by atomic mass is 15.3. The molecule has 0 aliphatic rings. The van der Waals surface area contributed by atoms with Crippen LogP contribution in [0.4, 0.5) is 0 Å². The Labute approximate surface area is 95.4 Å². The molecule has 0 saturated heterocycles. The maximum atomic E-state index is 5.68. The van der Waals surface area contributed by atoms with Gasteiger partial charge in [-0.15, -0.1) is 0 Å². The van der Waals surface area contributed by atoms with Crippen molar-refractivity contribution in [2.24, 2.45) is 11.8 Å². The number of nitrogens with zero attached hydrogens (tertiary/aromatic N) is 1. The molecule has 0 amide bonds. The topological polar surface area (TPSA) is 41.3 Å². The highest BCUT2D eigenvalue weighted by molar-refractivity contribution is 4.91. The highest BCUT2D eigenvalue weighted by Crippen LogP contribution is 2.24. The van der Waals surface area contributed by atoms with Crippen molar-refractivity contribution in [3.05, 3.63) is 0 Å². The summed E-state index contributed by atoms with van der Waals surface area (Å²) in [5, 5.41) is 0. The minimum atomic E-state index is 0.0946. The third kappa shape index (κ3) is 4.09. The van der Waals surface area contributed by atoms with Gasteiger partial charge in [-0.1, -0.05) is 26.7 Å². The minimum Gasteiger partial charge on any atom is -0.303 e. The molecule has 0 aromatic heterocycles. The van der Waals surface area contributed by atoms with E-state index in [0.29, 0.717) is 6.04 Å². The van der Waals surface area contributed by atoms with Gasteiger partial charge in [-0.25, -0.2) is 0 Å². The summed E-state index contributed by atoms with van der Waals surface area (Å²) in [4.78, 5) is 2.24. The molecule has 0 aromatic carbocycles. The largest absolute Gasteiger partial charge is 0.303 e. The summed E-state index contributed by atoms with van der Waals surface area (Å²) in [6.45, 7) is 8.98. The first-order valence-corrected chi connectivity index (χ1v) is 6.03. The van der Waals surface area contributed by atoms with Crippen molar-refractivity contribution in [3.63, 3.8) is 0 Å². The normalized spacial score (nSPS) is 15.0. The van der Waals surface area contributed by atoms with Gasteiger partial charge in [0.25, 0.3) is 0 Å². The van der Waals surface area contributed by atoms with Crippen molar-refractivity contribution in [1.82, 2.24) is 10.3 Å². The van der Waals surface area contributed by atoms with Crippen molar-refractivity contribution >= 4 is 0 Å². The first-order valence-electron chi connectivity index (χ1n) is 6.03. The monoisotopic (exact) mass is 215 g/mol. The Kier molecular flexibility index (Phi) is 6.41. The van der Waals surface area contributed by atoms with Crippen molar-refractivity contribution < 1.29 is 0 Å². The second kappa shape index (κ2) is 6.46. The van der Waals surface area contributed by atoms with Crippen LogP contribution in [-0.2, 0) is 0 Å². The fourth-order valence-corrected chi connectivity index (χ4v) is 1.83. The molecule has 0 bridgehead atoms. The van der Waals surface area contributed by atoms with Gasteiger partial charge in [-0.05, 0) is 40.3 Å². The molecular formula is C12H29N3. The van der Waals surface area contributed by atoms with Crippen molar-refractivity contribution in [2.75, 3.05) is 14.1 Å². The van der Waals surface area contributed by atoms with E-state index in [9.17, 15) is 0 Å². The van der Waals surface area contributed by atoms with Crippen LogP contribution in [0.15, 0.2) is 0 Å².